The molecule has 1 unspecified atom stereocenters. The summed E-state index contributed by atoms with van der Waals surface area (Å²) in [7, 11) is 1.63. The summed E-state index contributed by atoms with van der Waals surface area (Å²) in [5.74, 6) is 0.220. The van der Waals surface area contributed by atoms with E-state index in [0.717, 1.165) is 48.5 Å². The molecule has 1 aromatic carbocycles. The van der Waals surface area contributed by atoms with Crippen LogP contribution in [0.4, 0.5) is 0 Å². The molecule has 29 heavy (non-hydrogen) atoms. The van der Waals surface area contributed by atoms with E-state index in [0.29, 0.717) is 19.5 Å². The predicted molar refractivity (Wildman–Crippen MR) is 111 cm³/mol. The van der Waals surface area contributed by atoms with Crippen molar-refractivity contribution in [3.8, 4) is 5.75 Å². The summed E-state index contributed by atoms with van der Waals surface area (Å²) in [4.78, 5) is 25.9. The maximum atomic E-state index is 12.8. The van der Waals surface area contributed by atoms with Crippen LogP contribution in [-0.2, 0) is 17.8 Å². The van der Waals surface area contributed by atoms with E-state index in [1.165, 1.54) is 0 Å². The number of hydrogen-bond acceptors (Lipinski definition) is 5. The first-order valence-electron chi connectivity index (χ1n) is 10.2. The smallest absolute Gasteiger partial charge is 0.304 e. The second-order valence-electron chi connectivity index (χ2n) is 7.54. The highest BCUT2D eigenvalue weighted by atomic mass is 16.5. The van der Waals surface area contributed by atoms with Crippen LogP contribution >= 0.6 is 0 Å². The van der Waals surface area contributed by atoms with E-state index in [1.54, 1.807) is 11.8 Å². The van der Waals surface area contributed by atoms with Crippen molar-refractivity contribution in [2.45, 2.75) is 45.1 Å². The average Bonchev–Trinajstić information content (AvgIpc) is 2.74. The molecule has 2 heterocycles. The number of aliphatic carboxylic acids is 1. The zero-order chi connectivity index (χ0) is 20.8. The summed E-state index contributed by atoms with van der Waals surface area (Å²) < 4.78 is 6.76. The van der Waals surface area contributed by atoms with Crippen LogP contribution in [0, 0.1) is 0 Å². The fraction of sp³-hybridized carbons (Fsp3) is 0.500. The van der Waals surface area contributed by atoms with Gasteiger partial charge in [-0.3, -0.25) is 9.59 Å². The van der Waals surface area contributed by atoms with Crippen LogP contribution < -0.4 is 10.3 Å². The molecule has 1 aliphatic heterocycles. The Morgan fingerprint density at radius 2 is 2.07 bits per heavy atom. The molecule has 1 atom stereocenters. The molecule has 1 aromatic heterocycles. The average molecular weight is 399 g/mol. The van der Waals surface area contributed by atoms with Crippen LogP contribution in [0.2, 0.25) is 0 Å². The lowest BCUT2D eigenvalue weighted by Gasteiger charge is -2.32. The summed E-state index contributed by atoms with van der Waals surface area (Å²) in [6.45, 7) is 4.65. The van der Waals surface area contributed by atoms with Crippen molar-refractivity contribution in [3.05, 3.63) is 57.5 Å². The summed E-state index contributed by atoms with van der Waals surface area (Å²) >= 11 is 0. The molecule has 1 aliphatic rings. The topological polar surface area (TPSA) is 84.7 Å². The molecule has 1 N–H and O–H groups in total. The zero-order valence-electron chi connectivity index (χ0n) is 17.1. The van der Waals surface area contributed by atoms with E-state index in [1.807, 2.05) is 37.3 Å². The molecule has 0 bridgehead atoms. The second kappa shape index (κ2) is 9.69. The first-order valence-corrected chi connectivity index (χ1v) is 10.2. The Bertz CT molecular complexity index is 892. The summed E-state index contributed by atoms with van der Waals surface area (Å²) in [5.41, 5.74) is 2.64. The van der Waals surface area contributed by atoms with Crippen molar-refractivity contribution in [3.63, 3.8) is 0 Å². The normalized spacial score (nSPS) is 17.2. The molecule has 7 heteroatoms. The molecule has 0 aliphatic carbocycles. The highest BCUT2D eigenvalue weighted by molar-refractivity contribution is 5.66. The molecule has 156 valence electrons. The number of carboxylic acids is 1. The van der Waals surface area contributed by atoms with Gasteiger partial charge in [0.1, 0.15) is 5.75 Å². The first-order chi connectivity index (χ1) is 14.0. The van der Waals surface area contributed by atoms with Gasteiger partial charge in [-0.1, -0.05) is 19.1 Å². The van der Waals surface area contributed by atoms with Crippen LogP contribution in [0.25, 0.3) is 0 Å². The molecule has 0 amide bonds. The number of benzene rings is 1. The van der Waals surface area contributed by atoms with Gasteiger partial charge in [-0.15, -0.1) is 0 Å². The number of carbonyl (C=O) groups is 1. The van der Waals surface area contributed by atoms with Crippen molar-refractivity contribution in [1.82, 2.24) is 14.7 Å². The van der Waals surface area contributed by atoms with E-state index < -0.39 is 5.97 Å². The Morgan fingerprint density at radius 1 is 1.31 bits per heavy atom. The predicted octanol–water partition coefficient (Wildman–Crippen LogP) is 2.52. The van der Waals surface area contributed by atoms with Crippen molar-refractivity contribution >= 4 is 5.97 Å². The molecule has 1 saturated heterocycles. The lowest BCUT2D eigenvalue weighted by atomic mass is 9.93. The van der Waals surface area contributed by atoms with Gasteiger partial charge in [0.05, 0.1) is 25.8 Å². The zero-order valence-corrected chi connectivity index (χ0v) is 17.1. The Hall–Kier alpha value is -2.67. The first kappa shape index (κ1) is 21.0. The van der Waals surface area contributed by atoms with E-state index >= 15 is 0 Å². The third-order valence-electron chi connectivity index (χ3n) is 5.51. The lowest BCUT2D eigenvalue weighted by Crippen LogP contribution is -2.37. The fourth-order valence-electron chi connectivity index (χ4n) is 3.84. The van der Waals surface area contributed by atoms with Crippen molar-refractivity contribution in [2.75, 3.05) is 26.7 Å². The number of likely N-dealkylation sites (tertiary alicyclic amines) is 1. The number of hydrogen-bond donors (Lipinski definition) is 1. The second-order valence-corrected chi connectivity index (χ2v) is 7.54. The fourth-order valence-corrected chi connectivity index (χ4v) is 3.84. The van der Waals surface area contributed by atoms with Gasteiger partial charge in [0.25, 0.3) is 5.56 Å². The SMILES string of the molecule is CCc1cc(C2CCCN(CCC(=O)O)C2)nn(Cc2ccc(OC)cc2)c1=O. The minimum Gasteiger partial charge on any atom is -0.497 e. The van der Waals surface area contributed by atoms with Gasteiger partial charge >= 0.3 is 5.97 Å². The van der Waals surface area contributed by atoms with Crippen molar-refractivity contribution < 1.29 is 14.6 Å². The van der Waals surface area contributed by atoms with Crippen LogP contribution in [0.15, 0.2) is 35.1 Å². The summed E-state index contributed by atoms with van der Waals surface area (Å²) in [5, 5.41) is 13.7. The van der Waals surface area contributed by atoms with Crippen LogP contribution in [0.1, 0.15) is 48.9 Å². The third kappa shape index (κ3) is 5.44. The van der Waals surface area contributed by atoms with Crippen LogP contribution in [0.3, 0.4) is 0 Å². The van der Waals surface area contributed by atoms with Gasteiger partial charge in [-0.05, 0) is 49.6 Å². The standard InChI is InChI=1S/C22H29N3O4/c1-3-17-13-20(18-5-4-11-24(15-18)12-10-21(26)27)23-25(22(17)28)14-16-6-8-19(29-2)9-7-16/h6-9,13,18H,3-5,10-12,14-15H2,1-2H3,(H,26,27). The number of methoxy groups -OCH3 is 1. The molecule has 3 rings (SSSR count). The van der Waals surface area contributed by atoms with Gasteiger partial charge in [-0.2, -0.15) is 5.10 Å². The van der Waals surface area contributed by atoms with Gasteiger partial charge in [0, 0.05) is 24.6 Å². The Kier molecular flexibility index (Phi) is 7.04. The van der Waals surface area contributed by atoms with Crippen molar-refractivity contribution in [1.29, 1.82) is 0 Å². The summed E-state index contributed by atoms with van der Waals surface area (Å²) in [6, 6.07) is 9.59. The van der Waals surface area contributed by atoms with E-state index in [2.05, 4.69) is 4.90 Å². The minimum absolute atomic E-state index is 0.0504. The van der Waals surface area contributed by atoms with Gasteiger partial charge in [0.15, 0.2) is 0 Å². The quantitative estimate of drug-likeness (QED) is 0.734. The molecule has 0 radical (unpaired) electrons. The number of piperidine rings is 1. The number of carboxylic acid groups (broad SMARTS) is 1. The lowest BCUT2D eigenvalue weighted by molar-refractivity contribution is -0.137. The third-order valence-corrected chi connectivity index (χ3v) is 5.51. The molecule has 0 saturated carbocycles. The molecule has 2 aromatic rings. The highest BCUT2D eigenvalue weighted by Gasteiger charge is 2.24. The summed E-state index contributed by atoms with van der Waals surface area (Å²) in [6.07, 6.45) is 2.81. The molecule has 0 spiro atoms. The van der Waals surface area contributed by atoms with Gasteiger partial charge in [-0.25, -0.2) is 4.68 Å². The van der Waals surface area contributed by atoms with Crippen LogP contribution in [-0.4, -0.2) is 52.5 Å². The highest BCUT2D eigenvalue weighted by Crippen LogP contribution is 2.26. The molecular weight excluding hydrogens is 370 g/mol. The number of aryl methyl sites for hydroxylation is 1. The van der Waals surface area contributed by atoms with E-state index in [4.69, 9.17) is 14.9 Å². The molecule has 1 fully saturated rings. The molecular formula is C22H29N3O4. The Morgan fingerprint density at radius 3 is 2.72 bits per heavy atom. The Labute approximate surface area is 170 Å². The Balaban J connectivity index is 1.82. The monoisotopic (exact) mass is 399 g/mol. The van der Waals surface area contributed by atoms with Gasteiger partial charge < -0.3 is 14.7 Å². The molecule has 7 nitrogen and oxygen atoms in total. The number of ether oxygens (including phenoxy) is 1. The maximum absolute atomic E-state index is 12.8. The van der Waals surface area contributed by atoms with E-state index in [-0.39, 0.29) is 17.9 Å². The van der Waals surface area contributed by atoms with Crippen molar-refractivity contribution in [2.24, 2.45) is 0 Å². The van der Waals surface area contributed by atoms with E-state index in [9.17, 15) is 9.59 Å². The number of rotatable bonds is 8. The minimum atomic E-state index is -0.772. The number of nitrogens with zero attached hydrogens (tertiary/aromatic N) is 3. The number of aromatic nitrogens is 2. The maximum Gasteiger partial charge on any atom is 0.304 e. The van der Waals surface area contributed by atoms with Gasteiger partial charge in [0.2, 0.25) is 0 Å². The van der Waals surface area contributed by atoms with Crippen LogP contribution in [0.5, 0.6) is 5.75 Å². The largest absolute Gasteiger partial charge is 0.497 e.